The maximum atomic E-state index is 4.07. The zero-order valence-electron chi connectivity index (χ0n) is 6.38. The molecule has 1 heterocycles. The highest BCUT2D eigenvalue weighted by atomic mass is 15.2. The number of aromatic nitrogens is 2. The van der Waals surface area contributed by atoms with Crippen LogP contribution in [0.4, 0.5) is 0 Å². The Morgan fingerprint density at radius 2 is 2.50 bits per heavy atom. The molecular weight excluding hydrogens is 124 g/mol. The summed E-state index contributed by atoms with van der Waals surface area (Å²) in [5, 5.41) is 4.07. The number of hydrogen-bond acceptors (Lipinski definition) is 1. The second-order valence-electron chi connectivity index (χ2n) is 2.40. The van der Waals surface area contributed by atoms with E-state index in [1.165, 1.54) is 5.69 Å². The summed E-state index contributed by atoms with van der Waals surface area (Å²) in [6.45, 7) is 3.79. The first-order chi connectivity index (χ1) is 4.84. The Balaban J connectivity index is 2.49. The minimum Gasteiger partial charge on any atom is -0.273 e. The zero-order valence-corrected chi connectivity index (χ0v) is 6.38. The van der Waals surface area contributed by atoms with Gasteiger partial charge in [-0.2, -0.15) is 5.10 Å². The van der Waals surface area contributed by atoms with Crippen LogP contribution in [0.3, 0.4) is 0 Å². The molecule has 2 heteroatoms. The summed E-state index contributed by atoms with van der Waals surface area (Å²) in [7, 11) is 1.97. The number of hydrogen-bond donors (Lipinski definition) is 0. The molecule has 0 N–H and O–H groups in total. The molecule has 10 heavy (non-hydrogen) atoms. The molecule has 1 rings (SSSR count). The zero-order chi connectivity index (χ0) is 7.40. The van der Waals surface area contributed by atoms with E-state index < -0.39 is 0 Å². The molecule has 55 valence electrons. The Morgan fingerprint density at radius 3 is 3.00 bits per heavy atom. The summed E-state index contributed by atoms with van der Waals surface area (Å²) in [5.41, 5.74) is 1.30. The second kappa shape index (κ2) is 3.40. The third kappa shape index (κ3) is 1.59. The molecule has 1 radical (unpaired) electrons. The van der Waals surface area contributed by atoms with Gasteiger partial charge in [-0.15, -0.1) is 0 Å². The third-order valence-electron chi connectivity index (χ3n) is 1.61. The van der Waals surface area contributed by atoms with Crippen LogP contribution in [0.1, 0.15) is 18.5 Å². The number of aryl methyl sites for hydroxylation is 2. The smallest absolute Gasteiger partial charge is 0.0492 e. The van der Waals surface area contributed by atoms with E-state index in [9.17, 15) is 0 Å². The van der Waals surface area contributed by atoms with Crippen molar-refractivity contribution in [3.05, 3.63) is 24.9 Å². The summed E-state index contributed by atoms with van der Waals surface area (Å²) < 4.78 is 1.91. The topological polar surface area (TPSA) is 17.8 Å². The number of rotatable bonds is 3. The molecular formula is C8H13N2. The Labute approximate surface area is 61.9 Å². The van der Waals surface area contributed by atoms with Crippen molar-refractivity contribution in [1.82, 2.24) is 9.78 Å². The standard InChI is InChI=1S/C8H13N2/c1-3-4-5-8-6-7-9-10(8)2/h6-7H,1,3-5H2,2H3. The molecule has 0 amide bonds. The lowest BCUT2D eigenvalue weighted by Gasteiger charge is -1.98. The van der Waals surface area contributed by atoms with Crippen LogP contribution in [0.2, 0.25) is 0 Å². The Morgan fingerprint density at radius 1 is 1.70 bits per heavy atom. The predicted octanol–water partition coefficient (Wildman–Crippen LogP) is 1.58. The van der Waals surface area contributed by atoms with E-state index in [2.05, 4.69) is 18.1 Å². The molecule has 0 saturated carbocycles. The second-order valence-corrected chi connectivity index (χ2v) is 2.40. The van der Waals surface area contributed by atoms with Gasteiger partial charge in [-0.25, -0.2) is 0 Å². The van der Waals surface area contributed by atoms with Crippen LogP contribution in [-0.4, -0.2) is 9.78 Å². The minimum absolute atomic E-state index is 1.01. The Kier molecular flexibility index (Phi) is 2.49. The maximum Gasteiger partial charge on any atom is 0.0492 e. The summed E-state index contributed by atoms with van der Waals surface area (Å²) in [4.78, 5) is 0. The van der Waals surface area contributed by atoms with Gasteiger partial charge in [0.05, 0.1) is 0 Å². The molecule has 0 atom stereocenters. The number of nitrogens with zero attached hydrogens (tertiary/aromatic N) is 2. The molecule has 0 saturated heterocycles. The third-order valence-corrected chi connectivity index (χ3v) is 1.61. The summed E-state index contributed by atoms with van der Waals surface area (Å²) in [6, 6.07) is 2.05. The Hall–Kier alpha value is -0.790. The predicted molar refractivity (Wildman–Crippen MR) is 41.5 cm³/mol. The molecule has 0 spiro atoms. The lowest BCUT2D eigenvalue weighted by molar-refractivity contribution is 0.686. The molecule has 1 aromatic rings. The van der Waals surface area contributed by atoms with E-state index in [0.29, 0.717) is 0 Å². The van der Waals surface area contributed by atoms with Gasteiger partial charge in [-0.05, 0) is 18.9 Å². The summed E-state index contributed by atoms with van der Waals surface area (Å²) in [6.07, 6.45) is 5.09. The van der Waals surface area contributed by atoms with E-state index in [1.807, 2.05) is 17.9 Å². The average molecular weight is 137 g/mol. The van der Waals surface area contributed by atoms with Crippen molar-refractivity contribution in [3.63, 3.8) is 0 Å². The fraction of sp³-hybridized carbons (Fsp3) is 0.500. The van der Waals surface area contributed by atoms with Crippen LogP contribution < -0.4 is 0 Å². The Bertz CT molecular complexity index is 191. The molecule has 0 unspecified atom stereocenters. The lowest BCUT2D eigenvalue weighted by Crippen LogP contribution is -1.97. The average Bonchev–Trinajstić information content (AvgIpc) is 2.31. The summed E-state index contributed by atoms with van der Waals surface area (Å²) in [5.74, 6) is 0. The van der Waals surface area contributed by atoms with Crippen molar-refractivity contribution in [2.45, 2.75) is 19.3 Å². The fourth-order valence-electron chi connectivity index (χ4n) is 0.953. The molecule has 0 aliphatic heterocycles. The minimum atomic E-state index is 1.01. The van der Waals surface area contributed by atoms with Gasteiger partial charge in [0.1, 0.15) is 0 Å². The van der Waals surface area contributed by atoms with E-state index in [4.69, 9.17) is 0 Å². The molecule has 1 aromatic heterocycles. The van der Waals surface area contributed by atoms with Crippen LogP contribution >= 0.6 is 0 Å². The van der Waals surface area contributed by atoms with E-state index in [-0.39, 0.29) is 0 Å². The van der Waals surface area contributed by atoms with Gasteiger partial charge >= 0.3 is 0 Å². The van der Waals surface area contributed by atoms with Crippen molar-refractivity contribution >= 4 is 0 Å². The molecule has 0 aromatic carbocycles. The first-order valence-electron chi connectivity index (χ1n) is 3.60. The van der Waals surface area contributed by atoms with Crippen LogP contribution in [-0.2, 0) is 13.5 Å². The highest BCUT2D eigenvalue weighted by Crippen LogP contribution is 2.01. The van der Waals surface area contributed by atoms with Crippen molar-refractivity contribution in [1.29, 1.82) is 0 Å². The van der Waals surface area contributed by atoms with Crippen LogP contribution in [0.15, 0.2) is 12.3 Å². The van der Waals surface area contributed by atoms with Gasteiger partial charge in [0.2, 0.25) is 0 Å². The van der Waals surface area contributed by atoms with Gasteiger partial charge in [0, 0.05) is 18.9 Å². The normalized spacial score (nSPS) is 10.2. The van der Waals surface area contributed by atoms with Crippen molar-refractivity contribution in [2.75, 3.05) is 0 Å². The first kappa shape index (κ1) is 7.32. The van der Waals surface area contributed by atoms with Gasteiger partial charge in [-0.3, -0.25) is 4.68 Å². The van der Waals surface area contributed by atoms with Crippen molar-refractivity contribution < 1.29 is 0 Å². The van der Waals surface area contributed by atoms with Crippen molar-refractivity contribution in [3.8, 4) is 0 Å². The van der Waals surface area contributed by atoms with Gasteiger partial charge in [-0.1, -0.05) is 13.3 Å². The SMILES string of the molecule is [CH2]CCCc1ccnn1C. The molecule has 0 aliphatic rings. The highest BCUT2D eigenvalue weighted by molar-refractivity contribution is 4.99. The van der Waals surface area contributed by atoms with Gasteiger partial charge < -0.3 is 0 Å². The van der Waals surface area contributed by atoms with Gasteiger partial charge in [0.25, 0.3) is 0 Å². The van der Waals surface area contributed by atoms with Gasteiger partial charge in [0.15, 0.2) is 0 Å². The van der Waals surface area contributed by atoms with Crippen LogP contribution in [0.5, 0.6) is 0 Å². The van der Waals surface area contributed by atoms with E-state index in [0.717, 1.165) is 19.3 Å². The first-order valence-corrected chi connectivity index (χ1v) is 3.60. The van der Waals surface area contributed by atoms with Crippen molar-refractivity contribution in [2.24, 2.45) is 7.05 Å². The molecule has 0 bridgehead atoms. The molecule has 0 aliphatic carbocycles. The maximum absolute atomic E-state index is 4.07. The monoisotopic (exact) mass is 137 g/mol. The molecule has 2 nitrogen and oxygen atoms in total. The van der Waals surface area contributed by atoms with E-state index >= 15 is 0 Å². The fourth-order valence-corrected chi connectivity index (χ4v) is 0.953. The van der Waals surface area contributed by atoms with Crippen LogP contribution in [0.25, 0.3) is 0 Å². The lowest BCUT2D eigenvalue weighted by atomic mass is 10.2. The van der Waals surface area contributed by atoms with E-state index in [1.54, 1.807) is 0 Å². The number of unbranched alkanes of at least 4 members (excludes halogenated alkanes) is 1. The highest BCUT2D eigenvalue weighted by Gasteiger charge is 1.95. The quantitative estimate of drug-likeness (QED) is 0.618. The molecule has 0 fully saturated rings. The summed E-state index contributed by atoms with van der Waals surface area (Å²) >= 11 is 0. The van der Waals surface area contributed by atoms with Crippen LogP contribution in [0, 0.1) is 6.92 Å². The largest absolute Gasteiger partial charge is 0.273 e.